The third-order valence-electron chi connectivity index (χ3n) is 3.64. The van der Waals surface area contributed by atoms with E-state index in [9.17, 15) is 74.1 Å². The van der Waals surface area contributed by atoms with Crippen molar-refractivity contribution in [2.75, 3.05) is 0 Å². The Labute approximate surface area is 382 Å². The molecule has 0 saturated heterocycles. The van der Waals surface area contributed by atoms with Gasteiger partial charge in [0.05, 0.1) is 5.97 Å². The average Bonchev–Trinajstić information content (AvgIpc) is 2.45. The molecule has 0 rings (SSSR count). The summed E-state index contributed by atoms with van der Waals surface area (Å²) in [7, 11) is -6.57. The molecule has 0 N–H and O–H groups in total. The van der Waals surface area contributed by atoms with Gasteiger partial charge in [0.15, 0.2) is 0 Å². The molecule has 0 aromatic heterocycles. The first kappa shape index (κ1) is 64.2. The smallest absolute Gasteiger partial charge is 0.687 e. The van der Waals surface area contributed by atoms with Gasteiger partial charge in [-0.1, -0.05) is 0 Å². The maximum Gasteiger partial charge on any atom is 1.00 e. The molecule has 5 atom stereocenters. The Morgan fingerprint density at radius 1 is 0.472 bits per heavy atom. The number of carboxylic acid groups (broad SMARTS) is 6. The fourth-order valence-corrected chi connectivity index (χ4v) is 3.52. The maximum absolute atomic E-state index is 11.3. The molecular formula is C12H7Na8O15P. The second-order valence-electron chi connectivity index (χ2n) is 5.34. The molecule has 24 heteroatoms. The van der Waals surface area contributed by atoms with Crippen LogP contribution in [0, 0.1) is 23.7 Å². The fourth-order valence-electron chi connectivity index (χ4n) is 2.56. The van der Waals surface area contributed by atoms with Gasteiger partial charge in [-0.05, 0) is 6.42 Å². The van der Waals surface area contributed by atoms with E-state index in [-0.39, 0.29) is 236 Å². The van der Waals surface area contributed by atoms with Gasteiger partial charge in [0.2, 0.25) is 0 Å². The van der Waals surface area contributed by atoms with Gasteiger partial charge in [-0.2, -0.15) is 7.94 Å². The Kier molecular flexibility index (Phi) is 53.8. The number of hydrogen-bond acceptors (Lipinski definition) is 15. The van der Waals surface area contributed by atoms with Crippen LogP contribution in [0.15, 0.2) is 0 Å². The van der Waals surface area contributed by atoms with Crippen molar-refractivity contribution < 1.29 is 311 Å². The zero-order valence-corrected chi connectivity index (χ0v) is 38.1. The van der Waals surface area contributed by atoms with E-state index >= 15 is 0 Å². The van der Waals surface area contributed by atoms with Crippen molar-refractivity contribution >= 4 is 43.8 Å². The number of aliphatic carboxylic acids is 6. The minimum absolute atomic E-state index is 0. The predicted octanol–water partition coefficient (Wildman–Crippen LogP) is -36.4. The van der Waals surface area contributed by atoms with Crippen LogP contribution in [0.4, 0.5) is 0 Å². The van der Waals surface area contributed by atoms with E-state index in [1.165, 1.54) is 0 Å². The first-order chi connectivity index (χ1) is 12.5. The number of carbonyl (C=O) groups excluding carboxylic acids is 6. The van der Waals surface area contributed by atoms with E-state index in [0.717, 1.165) is 0 Å². The zero-order valence-electron chi connectivity index (χ0n) is 21.2. The second-order valence-corrected chi connectivity index (χ2v) is 6.98. The number of carboxylic acids is 6. The van der Waals surface area contributed by atoms with Crippen molar-refractivity contribution in [3.63, 3.8) is 0 Å². The van der Waals surface area contributed by atoms with Gasteiger partial charge in [0, 0.05) is 53.5 Å². The molecule has 0 radical (unpaired) electrons. The molecular weight excluding hydrogens is 599 g/mol. The average molecular weight is 606 g/mol. The van der Waals surface area contributed by atoms with Crippen LogP contribution in [0.5, 0.6) is 0 Å². The normalized spacial score (nSPS) is 13.1. The summed E-state index contributed by atoms with van der Waals surface area (Å²) < 4.78 is 0. The van der Waals surface area contributed by atoms with Crippen molar-refractivity contribution in [1.82, 2.24) is 0 Å². The molecule has 0 aliphatic heterocycles. The molecule has 0 heterocycles. The molecule has 5 unspecified atom stereocenters. The van der Waals surface area contributed by atoms with Crippen LogP contribution in [0.1, 0.15) is 6.42 Å². The zero-order chi connectivity index (χ0) is 22.6. The first-order valence-corrected chi connectivity index (χ1v) is 8.41. The minimum atomic E-state index is -6.57. The molecule has 0 aliphatic carbocycles. The largest absolute Gasteiger partial charge is 1.00 e. The van der Waals surface area contributed by atoms with Crippen molar-refractivity contribution in [3.05, 3.63) is 0 Å². The molecule has 0 fully saturated rings. The molecule has 158 valence electrons. The summed E-state index contributed by atoms with van der Waals surface area (Å²) in [6, 6.07) is 0. The fraction of sp³-hybridized carbons (Fsp3) is 0.500. The summed E-state index contributed by atoms with van der Waals surface area (Å²) in [4.78, 5) is 99.4. The molecule has 0 amide bonds. The van der Waals surface area contributed by atoms with Crippen molar-refractivity contribution in [2.45, 2.75) is 12.1 Å². The molecule has 0 spiro atoms. The van der Waals surface area contributed by atoms with E-state index in [4.69, 9.17) is 0 Å². The monoisotopic (exact) mass is 606 g/mol. The standard InChI is InChI=1S/C12H15O15P.8Na/c13-3(14)1-2(8(15)16)4(9(17)18)5(10(19)20)6(11(21)22)7(12(23)24)28(25,26)27;;;;;;;;/h2,4-7H,1H2,(H,13,14)(H,15,16)(H,17,18)(H,19,20)(H,21,22)(H,23,24)(H2,25,26,27);;;;;;;;/q;8*+1/p-8. The number of hydrogen-bond donors (Lipinski definition) is 0. The predicted molar refractivity (Wildman–Crippen MR) is 59.3 cm³/mol. The van der Waals surface area contributed by atoms with E-state index in [0.29, 0.717) is 0 Å². The Balaban J connectivity index is -0.000000130. The summed E-state index contributed by atoms with van der Waals surface area (Å²) in [5.74, 6) is -29.6. The van der Waals surface area contributed by atoms with Gasteiger partial charge in [-0.3, -0.25) is 0 Å². The molecule has 0 aliphatic rings. The quantitative estimate of drug-likeness (QED) is 0.147. The summed E-state index contributed by atoms with van der Waals surface area (Å²) in [6.45, 7) is 0. The van der Waals surface area contributed by atoms with Gasteiger partial charge < -0.3 is 74.1 Å². The van der Waals surface area contributed by atoms with Gasteiger partial charge in [-0.25, -0.2) is 0 Å². The van der Waals surface area contributed by atoms with E-state index < -0.39 is 79.5 Å². The summed E-state index contributed by atoms with van der Waals surface area (Å²) in [5.41, 5.74) is -3.74. The second kappa shape index (κ2) is 30.2. The minimum Gasteiger partial charge on any atom is -0.687 e. The van der Waals surface area contributed by atoms with Gasteiger partial charge in [-0.15, -0.1) is 0 Å². The molecule has 0 saturated carbocycles. The summed E-state index contributed by atoms with van der Waals surface area (Å²) >= 11 is 0. The molecule has 15 nitrogen and oxygen atoms in total. The molecule has 0 aromatic rings. The third-order valence-corrected chi connectivity index (χ3v) is 4.85. The number of carbonyl (C=O) groups is 6. The Morgan fingerprint density at radius 2 is 0.778 bits per heavy atom. The molecule has 36 heavy (non-hydrogen) atoms. The van der Waals surface area contributed by atoms with E-state index in [1.807, 2.05) is 0 Å². The van der Waals surface area contributed by atoms with Gasteiger partial charge in [0.1, 0.15) is 5.66 Å². The number of rotatable bonds is 12. The van der Waals surface area contributed by atoms with Crippen LogP contribution in [-0.4, -0.2) is 41.5 Å². The Bertz CT molecular complexity index is 707. The van der Waals surface area contributed by atoms with Crippen molar-refractivity contribution in [1.29, 1.82) is 0 Å². The van der Waals surface area contributed by atoms with Crippen LogP contribution in [0.3, 0.4) is 0 Å². The Morgan fingerprint density at radius 3 is 0.944 bits per heavy atom. The van der Waals surface area contributed by atoms with Crippen LogP contribution < -0.4 is 282 Å². The van der Waals surface area contributed by atoms with Crippen LogP contribution in [0.25, 0.3) is 0 Å². The summed E-state index contributed by atoms with van der Waals surface area (Å²) in [5, 5.41) is 66.2. The van der Waals surface area contributed by atoms with Crippen LogP contribution >= 0.6 is 7.94 Å². The van der Waals surface area contributed by atoms with Crippen LogP contribution in [-0.2, 0) is 28.8 Å². The van der Waals surface area contributed by atoms with Crippen molar-refractivity contribution in [2.24, 2.45) is 23.7 Å². The van der Waals surface area contributed by atoms with E-state index in [1.54, 1.807) is 0 Å². The molecule has 0 aromatic carbocycles. The maximum atomic E-state index is 11.3. The third kappa shape index (κ3) is 21.8. The Hall–Kier alpha value is 5.13. The van der Waals surface area contributed by atoms with Gasteiger partial charge >= 0.3 is 236 Å². The van der Waals surface area contributed by atoms with Gasteiger partial charge in [0.25, 0.3) is 0 Å². The van der Waals surface area contributed by atoms with E-state index in [2.05, 4.69) is 0 Å². The SMILES string of the molecule is O=C([O-])CC(C(=O)[O-])C(C(=O)[O-])C(C(=O)[O-])C(C(=O)[O-])C(C(=O)[O-])[P+]([O-])([O-])[O-].[Na+].[Na+].[Na+].[Na+].[Na+].[Na+].[Na+].[Na+]. The van der Waals surface area contributed by atoms with Crippen molar-refractivity contribution in [3.8, 4) is 0 Å². The molecule has 0 bridgehead atoms. The summed E-state index contributed by atoms with van der Waals surface area (Å²) in [6.07, 6.45) is -1.80. The first-order valence-electron chi connectivity index (χ1n) is 6.79. The topological polar surface area (TPSA) is 310 Å². The van der Waals surface area contributed by atoms with Crippen LogP contribution in [0.2, 0.25) is 0 Å².